The molecule has 2 aromatic rings. The average Bonchev–Trinajstić information content (AvgIpc) is 2.72. The number of nitrogens with zero attached hydrogens (tertiary/aromatic N) is 2. The molecule has 0 aliphatic carbocycles. The van der Waals surface area contributed by atoms with Gasteiger partial charge in [-0.25, -0.2) is 9.59 Å². The fourth-order valence-electron chi connectivity index (χ4n) is 2.19. The van der Waals surface area contributed by atoms with Crippen LogP contribution in [-0.4, -0.2) is 43.5 Å². The zero-order valence-corrected chi connectivity index (χ0v) is 18.7. The Labute approximate surface area is 191 Å². The first-order valence-corrected chi connectivity index (χ1v) is 13.0. The van der Waals surface area contributed by atoms with Crippen LogP contribution in [0.1, 0.15) is 27.1 Å². The van der Waals surface area contributed by atoms with Crippen LogP contribution in [0.25, 0.3) is 0 Å². The molecule has 0 aliphatic rings. The van der Waals surface area contributed by atoms with E-state index < -0.39 is 33.2 Å². The average molecular weight is 503 g/mol. The molecule has 0 aliphatic heterocycles. The van der Waals surface area contributed by atoms with Gasteiger partial charge in [-0.2, -0.15) is 0 Å². The minimum atomic E-state index is -1.36. The zero-order valence-electron chi connectivity index (χ0n) is 15.5. The lowest BCUT2D eigenvalue weighted by Crippen LogP contribution is -2.02. The number of benzene rings is 2. The molecule has 0 radical (unpaired) electrons. The summed E-state index contributed by atoms with van der Waals surface area (Å²) in [5.74, 6) is -1.24. The molecular weight excluding hydrogens is 488 g/mol. The number of aromatic carboxylic acids is 2. The summed E-state index contributed by atoms with van der Waals surface area (Å²) in [4.78, 5) is 43.8. The predicted molar refractivity (Wildman–Crippen MR) is 121 cm³/mol. The number of rotatable bonds is 12. The van der Waals surface area contributed by atoms with Gasteiger partial charge in [0, 0.05) is 33.4 Å². The van der Waals surface area contributed by atoms with Gasteiger partial charge >= 0.3 is 11.9 Å². The fraction of sp³-hybridized carbons (Fsp3) is 0.176. The Bertz CT molecular complexity index is 938. The monoisotopic (exact) mass is 502 g/mol. The maximum Gasteiger partial charge on any atom is 0.342 e. The van der Waals surface area contributed by atoms with E-state index in [1.54, 1.807) is 0 Å². The van der Waals surface area contributed by atoms with E-state index in [-0.39, 0.29) is 11.1 Å². The summed E-state index contributed by atoms with van der Waals surface area (Å²) >= 11 is 0. The Morgan fingerprint density at radius 3 is 1.48 bits per heavy atom. The quantitative estimate of drug-likeness (QED) is 0.163. The lowest BCUT2D eigenvalue weighted by molar-refractivity contribution is -0.385. The van der Waals surface area contributed by atoms with Crippen LogP contribution in [0.5, 0.6) is 0 Å². The lowest BCUT2D eigenvalue weighted by Gasteiger charge is -2.05. The third-order valence-electron chi connectivity index (χ3n) is 3.56. The van der Waals surface area contributed by atoms with Crippen molar-refractivity contribution in [2.75, 3.05) is 11.5 Å². The van der Waals surface area contributed by atoms with Crippen LogP contribution in [0, 0.1) is 20.2 Å². The van der Waals surface area contributed by atoms with Crippen molar-refractivity contribution in [1.29, 1.82) is 0 Å². The van der Waals surface area contributed by atoms with Crippen LogP contribution in [0.3, 0.4) is 0 Å². The normalized spacial score (nSPS) is 10.6. The molecule has 0 bridgehead atoms. The van der Waals surface area contributed by atoms with Crippen molar-refractivity contribution < 1.29 is 29.6 Å². The minimum Gasteiger partial charge on any atom is -0.477 e. The van der Waals surface area contributed by atoms with Gasteiger partial charge in [0.2, 0.25) is 0 Å². The maximum atomic E-state index is 11.2. The van der Waals surface area contributed by atoms with Crippen molar-refractivity contribution in [3.8, 4) is 0 Å². The summed E-state index contributed by atoms with van der Waals surface area (Å²) in [5, 5.41) is 39.9. The molecule has 0 saturated carbocycles. The maximum absolute atomic E-state index is 11.2. The standard InChI is InChI=1S/C17H14N2O8S4/c20-16(21)12-8-10(2-4-14(12)18(24)25)30-28-6-1-7-29-31-11-3-5-15(19(26)27)13(9-11)17(22)23/h2-5,8-9H,1,6-7H2,(H,20,21)(H,22,23). The summed E-state index contributed by atoms with van der Waals surface area (Å²) in [5.41, 5.74) is -1.61. The number of hydrogen-bond acceptors (Lipinski definition) is 10. The highest BCUT2D eigenvalue weighted by Crippen LogP contribution is 2.37. The summed E-state index contributed by atoms with van der Waals surface area (Å²) in [7, 11) is 5.60. The highest BCUT2D eigenvalue weighted by Gasteiger charge is 2.21. The first-order valence-electron chi connectivity index (χ1n) is 8.33. The fourth-order valence-corrected chi connectivity index (χ4v) is 6.56. The number of carbonyl (C=O) groups is 2. The van der Waals surface area contributed by atoms with E-state index in [4.69, 9.17) is 10.2 Å². The van der Waals surface area contributed by atoms with Crippen molar-refractivity contribution in [1.82, 2.24) is 0 Å². The molecule has 2 aromatic carbocycles. The Kier molecular flexibility index (Phi) is 9.48. The molecule has 0 atom stereocenters. The molecule has 2 rings (SSSR count). The lowest BCUT2D eigenvalue weighted by atomic mass is 10.2. The van der Waals surface area contributed by atoms with E-state index in [0.717, 1.165) is 17.9 Å². The molecule has 2 N–H and O–H groups in total. The van der Waals surface area contributed by atoms with Crippen LogP contribution in [0.2, 0.25) is 0 Å². The Morgan fingerprint density at radius 1 is 0.774 bits per heavy atom. The number of hydrogen-bond donors (Lipinski definition) is 2. The summed E-state index contributed by atoms with van der Waals surface area (Å²) < 4.78 is 0. The highest BCUT2D eigenvalue weighted by atomic mass is 33.1. The largest absolute Gasteiger partial charge is 0.477 e. The van der Waals surface area contributed by atoms with Gasteiger partial charge in [-0.3, -0.25) is 20.2 Å². The van der Waals surface area contributed by atoms with Crippen LogP contribution in [0.4, 0.5) is 11.4 Å². The molecule has 0 aromatic heterocycles. The molecule has 0 amide bonds. The molecule has 0 saturated heterocycles. The number of carboxylic acids is 2. The van der Waals surface area contributed by atoms with Gasteiger partial charge < -0.3 is 10.2 Å². The zero-order chi connectivity index (χ0) is 23.0. The van der Waals surface area contributed by atoms with Crippen LogP contribution < -0.4 is 0 Å². The van der Waals surface area contributed by atoms with Crippen molar-refractivity contribution in [3.63, 3.8) is 0 Å². The molecule has 164 valence electrons. The van der Waals surface area contributed by atoms with Crippen LogP contribution >= 0.6 is 43.2 Å². The Balaban J connectivity index is 1.77. The van der Waals surface area contributed by atoms with Crippen LogP contribution in [-0.2, 0) is 0 Å². The van der Waals surface area contributed by atoms with E-state index in [0.29, 0.717) is 9.79 Å². The molecule has 14 heteroatoms. The van der Waals surface area contributed by atoms with Gasteiger partial charge in [0.05, 0.1) is 9.85 Å². The SMILES string of the molecule is O=C(O)c1cc(SSCCCSSc2ccc([N+](=O)[O-])c(C(=O)O)c2)ccc1[N+](=O)[O-]. The Hall–Kier alpha value is -2.42. The van der Waals surface area contributed by atoms with Gasteiger partial charge in [0.15, 0.2) is 0 Å². The van der Waals surface area contributed by atoms with E-state index in [9.17, 15) is 29.8 Å². The van der Waals surface area contributed by atoms with E-state index in [2.05, 4.69) is 0 Å². The topological polar surface area (TPSA) is 161 Å². The molecule has 10 nitrogen and oxygen atoms in total. The third-order valence-corrected chi connectivity index (χ3v) is 8.46. The van der Waals surface area contributed by atoms with Crippen molar-refractivity contribution in [2.24, 2.45) is 0 Å². The van der Waals surface area contributed by atoms with Gasteiger partial charge in [0.1, 0.15) is 11.1 Å². The molecule has 0 heterocycles. The first kappa shape index (κ1) is 24.8. The molecule has 0 fully saturated rings. The smallest absolute Gasteiger partial charge is 0.342 e. The van der Waals surface area contributed by atoms with Gasteiger partial charge in [0.25, 0.3) is 11.4 Å². The van der Waals surface area contributed by atoms with Crippen molar-refractivity contribution in [3.05, 3.63) is 67.8 Å². The number of nitro benzene ring substituents is 2. The summed E-state index contributed by atoms with van der Waals surface area (Å²) in [6.45, 7) is 0. The van der Waals surface area contributed by atoms with Gasteiger partial charge in [-0.1, -0.05) is 43.2 Å². The van der Waals surface area contributed by atoms with Gasteiger partial charge in [-0.15, -0.1) is 0 Å². The van der Waals surface area contributed by atoms with E-state index in [1.165, 1.54) is 79.6 Å². The number of carboxylic acid groups (broad SMARTS) is 2. The molecule has 0 unspecified atom stereocenters. The predicted octanol–water partition coefficient (Wildman–Crippen LogP) is 5.47. The third kappa shape index (κ3) is 7.34. The number of nitro groups is 2. The highest BCUT2D eigenvalue weighted by molar-refractivity contribution is 8.77. The Morgan fingerprint density at radius 2 is 1.16 bits per heavy atom. The second-order valence-corrected chi connectivity index (χ2v) is 10.6. The summed E-state index contributed by atoms with van der Waals surface area (Å²) in [6.07, 6.45) is 0.798. The van der Waals surface area contributed by atoms with Crippen molar-refractivity contribution in [2.45, 2.75) is 16.2 Å². The van der Waals surface area contributed by atoms with Crippen molar-refractivity contribution >= 4 is 66.5 Å². The minimum absolute atomic E-state index is 0.355. The second kappa shape index (κ2) is 11.8. The van der Waals surface area contributed by atoms with Gasteiger partial charge in [-0.05, 0) is 30.7 Å². The van der Waals surface area contributed by atoms with Crippen LogP contribution in [0.15, 0.2) is 46.2 Å². The molecule has 0 spiro atoms. The second-order valence-electron chi connectivity index (χ2n) is 5.65. The molecular formula is C17H14N2O8S4. The van der Waals surface area contributed by atoms with E-state index >= 15 is 0 Å². The molecule has 31 heavy (non-hydrogen) atoms. The van der Waals surface area contributed by atoms with E-state index in [1.807, 2.05) is 0 Å². The first-order chi connectivity index (χ1) is 14.7. The summed E-state index contributed by atoms with van der Waals surface area (Å²) in [6, 6.07) is 7.90.